The Bertz CT molecular complexity index is 1160. The fraction of sp³-hybridized carbons (Fsp3) is 0.571. The molecule has 1 saturated heterocycles. The van der Waals surface area contributed by atoms with Crippen molar-refractivity contribution in [2.45, 2.75) is 81.1 Å². The van der Waals surface area contributed by atoms with Crippen molar-refractivity contribution in [2.75, 3.05) is 34.6 Å². The van der Waals surface area contributed by atoms with Gasteiger partial charge in [-0.25, -0.2) is 0 Å². The first-order valence-corrected chi connectivity index (χ1v) is 12.4. The van der Waals surface area contributed by atoms with E-state index in [2.05, 4.69) is 75.0 Å². The second kappa shape index (κ2) is 6.66. The molecule has 0 N–H and O–H groups in total. The van der Waals surface area contributed by atoms with Gasteiger partial charge in [-0.2, -0.15) is 0 Å². The Morgan fingerprint density at radius 1 is 0.531 bits per heavy atom. The van der Waals surface area contributed by atoms with Crippen LogP contribution in [0.3, 0.4) is 0 Å². The van der Waals surface area contributed by atoms with Crippen LogP contribution < -0.4 is 14.7 Å². The first-order valence-electron chi connectivity index (χ1n) is 12.4. The van der Waals surface area contributed by atoms with E-state index < -0.39 is 0 Å². The highest BCUT2D eigenvalue weighted by Crippen LogP contribution is 2.49. The van der Waals surface area contributed by atoms with Gasteiger partial charge in [-0.15, -0.1) is 0 Å². The van der Waals surface area contributed by atoms with Crippen LogP contribution in [0.25, 0.3) is 0 Å². The van der Waals surface area contributed by atoms with Crippen LogP contribution in [-0.2, 0) is 19.6 Å². The van der Waals surface area contributed by atoms with Gasteiger partial charge in [0.15, 0.2) is 0 Å². The first kappa shape index (κ1) is 20.4. The van der Waals surface area contributed by atoms with Crippen molar-refractivity contribution in [3.8, 4) is 0 Å². The number of fused-ring (bicyclic) bond motifs is 10. The van der Waals surface area contributed by atoms with E-state index in [1.165, 1.54) is 51.3 Å². The van der Waals surface area contributed by atoms with Crippen LogP contribution in [0.5, 0.6) is 0 Å². The Kier molecular flexibility index (Phi) is 4.25. The highest BCUT2D eigenvalue weighted by molar-refractivity contribution is 5.81. The van der Waals surface area contributed by atoms with Crippen molar-refractivity contribution >= 4 is 17.1 Å². The van der Waals surface area contributed by atoms with Crippen molar-refractivity contribution in [3.05, 3.63) is 50.1 Å². The van der Waals surface area contributed by atoms with Gasteiger partial charge in [0.25, 0.3) is 0 Å². The highest BCUT2D eigenvalue weighted by Gasteiger charge is 2.40. The minimum Gasteiger partial charge on any atom is -0.358 e. The Labute approximate surface area is 193 Å². The first-order chi connectivity index (χ1) is 15.2. The molecule has 32 heavy (non-hydrogen) atoms. The van der Waals surface area contributed by atoms with E-state index in [1.54, 1.807) is 22.4 Å². The lowest BCUT2D eigenvalue weighted by Gasteiger charge is -2.52. The third-order valence-electron chi connectivity index (χ3n) is 9.58. The maximum absolute atomic E-state index is 2.69. The molecular weight excluding hydrogens is 392 g/mol. The molecule has 3 atom stereocenters. The molecular formula is C28H38N4. The van der Waals surface area contributed by atoms with Crippen LogP contribution >= 0.6 is 0 Å². The number of rotatable bonds is 0. The monoisotopic (exact) mass is 430 g/mol. The fourth-order valence-electron chi connectivity index (χ4n) is 7.14. The molecule has 0 amide bonds. The molecule has 0 aliphatic carbocycles. The van der Waals surface area contributed by atoms with Gasteiger partial charge >= 0.3 is 0 Å². The number of benzene rings is 2. The van der Waals surface area contributed by atoms with Crippen molar-refractivity contribution < 1.29 is 0 Å². The predicted octanol–water partition coefficient (Wildman–Crippen LogP) is 5.45. The summed E-state index contributed by atoms with van der Waals surface area (Å²) in [7, 11) is 0. The molecule has 2 aromatic rings. The molecule has 6 rings (SSSR count). The van der Waals surface area contributed by atoms with Gasteiger partial charge in [-0.05, 0) is 98.9 Å². The molecule has 0 aromatic heterocycles. The minimum atomic E-state index is 0.657. The quantitative estimate of drug-likeness (QED) is 0.551. The van der Waals surface area contributed by atoms with Crippen molar-refractivity contribution in [2.24, 2.45) is 5.92 Å². The van der Waals surface area contributed by atoms with Crippen LogP contribution in [-0.4, -0.2) is 30.8 Å². The van der Waals surface area contributed by atoms with E-state index in [0.29, 0.717) is 12.0 Å². The normalized spacial score (nSPS) is 25.5. The average Bonchev–Trinajstić information content (AvgIpc) is 2.77. The molecule has 170 valence electrons. The molecule has 4 heteroatoms. The molecule has 3 unspecified atom stereocenters. The molecule has 4 heterocycles. The third kappa shape index (κ3) is 2.48. The van der Waals surface area contributed by atoms with Crippen molar-refractivity contribution in [1.82, 2.24) is 4.90 Å². The fourth-order valence-corrected chi connectivity index (χ4v) is 7.14. The molecule has 4 nitrogen and oxygen atoms in total. The molecule has 4 aliphatic rings. The number of nitrogens with zero attached hydrogens (tertiary/aromatic N) is 4. The van der Waals surface area contributed by atoms with E-state index in [-0.39, 0.29) is 0 Å². The van der Waals surface area contributed by atoms with Crippen molar-refractivity contribution in [3.63, 3.8) is 0 Å². The largest absolute Gasteiger partial charge is 0.358 e. The van der Waals surface area contributed by atoms with Gasteiger partial charge in [0.05, 0.1) is 13.3 Å². The summed E-state index contributed by atoms with van der Waals surface area (Å²) < 4.78 is 0. The lowest BCUT2D eigenvalue weighted by Crippen LogP contribution is -2.57. The summed E-state index contributed by atoms with van der Waals surface area (Å²) in [5.74, 6) is 0.711. The molecule has 0 radical (unpaired) electrons. The lowest BCUT2D eigenvalue weighted by molar-refractivity contribution is 0.111. The summed E-state index contributed by atoms with van der Waals surface area (Å²) >= 11 is 0. The zero-order valence-electron chi connectivity index (χ0n) is 21.2. The standard InChI is InChI=1S/C28H38N4/c1-15-9-30-13-29(22(15)8)10-24-20(6)28-25(21(7)27(24)30)12-31-14-32(28)11-23-18(4)16(2)17(3)19(5)26(23)31/h15,22H,9-14H2,1-8H3. The summed E-state index contributed by atoms with van der Waals surface area (Å²) in [5.41, 5.74) is 18.2. The molecule has 0 saturated carbocycles. The Morgan fingerprint density at radius 3 is 1.69 bits per heavy atom. The third-order valence-corrected chi connectivity index (χ3v) is 9.58. The summed E-state index contributed by atoms with van der Waals surface area (Å²) in [6.45, 7) is 25.4. The Balaban J connectivity index is 1.53. The second-order valence-corrected chi connectivity index (χ2v) is 11.1. The summed E-state index contributed by atoms with van der Waals surface area (Å²) in [6, 6.07) is 0.657. The van der Waals surface area contributed by atoms with Crippen LogP contribution in [0.1, 0.15) is 63.9 Å². The van der Waals surface area contributed by atoms with Crippen molar-refractivity contribution in [1.29, 1.82) is 0 Å². The highest BCUT2D eigenvalue weighted by atomic mass is 15.4. The molecule has 0 spiro atoms. The maximum Gasteiger partial charge on any atom is 0.0910 e. The van der Waals surface area contributed by atoms with Crippen LogP contribution in [0.4, 0.5) is 17.1 Å². The minimum absolute atomic E-state index is 0.657. The molecule has 1 fully saturated rings. The van der Waals surface area contributed by atoms with Gasteiger partial charge in [0, 0.05) is 54.8 Å². The molecule has 4 bridgehead atoms. The van der Waals surface area contributed by atoms with Gasteiger partial charge in [0.1, 0.15) is 0 Å². The summed E-state index contributed by atoms with van der Waals surface area (Å²) in [5, 5.41) is 0. The van der Waals surface area contributed by atoms with E-state index in [9.17, 15) is 0 Å². The number of anilines is 3. The van der Waals surface area contributed by atoms with Gasteiger partial charge in [-0.3, -0.25) is 4.90 Å². The Morgan fingerprint density at radius 2 is 1.03 bits per heavy atom. The van der Waals surface area contributed by atoms with E-state index in [1.807, 2.05) is 0 Å². The van der Waals surface area contributed by atoms with Crippen LogP contribution in [0.2, 0.25) is 0 Å². The SMILES string of the molecule is Cc1c(C)c(C)c2c(c1C)CN1CN2Cc2c(C)c3c(c(C)c21)CN1CN3CC(C)C1C. The van der Waals surface area contributed by atoms with E-state index >= 15 is 0 Å². The lowest BCUT2D eigenvalue weighted by atomic mass is 9.84. The van der Waals surface area contributed by atoms with Gasteiger partial charge in [-0.1, -0.05) is 6.92 Å². The zero-order valence-corrected chi connectivity index (χ0v) is 21.2. The smallest absolute Gasteiger partial charge is 0.0910 e. The van der Waals surface area contributed by atoms with Gasteiger partial charge in [0.2, 0.25) is 0 Å². The predicted molar refractivity (Wildman–Crippen MR) is 135 cm³/mol. The molecule has 4 aliphatic heterocycles. The van der Waals surface area contributed by atoms with Crippen LogP contribution in [0.15, 0.2) is 0 Å². The summed E-state index contributed by atoms with van der Waals surface area (Å²) in [4.78, 5) is 10.7. The number of hydrogen-bond donors (Lipinski definition) is 0. The summed E-state index contributed by atoms with van der Waals surface area (Å²) in [6.07, 6.45) is 0. The maximum atomic E-state index is 2.69. The zero-order chi connectivity index (χ0) is 22.6. The van der Waals surface area contributed by atoms with Gasteiger partial charge < -0.3 is 14.7 Å². The van der Waals surface area contributed by atoms with E-state index in [4.69, 9.17) is 0 Å². The van der Waals surface area contributed by atoms with E-state index in [0.717, 1.165) is 33.0 Å². The second-order valence-electron chi connectivity index (χ2n) is 11.1. The average molecular weight is 431 g/mol. The van der Waals surface area contributed by atoms with Crippen LogP contribution in [0, 0.1) is 47.5 Å². The Hall–Kier alpha value is -2.20. The molecule has 2 aromatic carbocycles. The topological polar surface area (TPSA) is 13.0 Å². The number of hydrogen-bond acceptors (Lipinski definition) is 4.